The SMILES string of the molecule is O=C(NC1CCOc2ccccc21)C1=CCC1. The summed E-state index contributed by atoms with van der Waals surface area (Å²) in [4.78, 5) is 11.9. The van der Waals surface area contributed by atoms with E-state index in [0.29, 0.717) is 6.61 Å². The molecule has 1 unspecified atom stereocenters. The van der Waals surface area contributed by atoms with Crippen molar-refractivity contribution in [3.05, 3.63) is 41.5 Å². The Bertz CT molecular complexity index is 479. The number of hydrogen-bond acceptors (Lipinski definition) is 2. The van der Waals surface area contributed by atoms with Gasteiger partial charge in [0.25, 0.3) is 0 Å². The molecule has 17 heavy (non-hydrogen) atoms. The molecule has 0 fully saturated rings. The lowest BCUT2D eigenvalue weighted by atomic mass is 9.96. The molecule has 2 aliphatic rings. The van der Waals surface area contributed by atoms with Gasteiger partial charge in [0, 0.05) is 17.6 Å². The average Bonchev–Trinajstić information content (AvgIpc) is 2.27. The van der Waals surface area contributed by atoms with Gasteiger partial charge >= 0.3 is 0 Å². The van der Waals surface area contributed by atoms with E-state index in [2.05, 4.69) is 5.32 Å². The number of carbonyl (C=O) groups is 1. The maximum Gasteiger partial charge on any atom is 0.247 e. The zero-order valence-electron chi connectivity index (χ0n) is 9.61. The Kier molecular flexibility index (Phi) is 2.59. The molecule has 0 spiro atoms. The number of ether oxygens (including phenoxy) is 1. The van der Waals surface area contributed by atoms with Crippen LogP contribution in [0.5, 0.6) is 5.75 Å². The van der Waals surface area contributed by atoms with Gasteiger partial charge in [-0.1, -0.05) is 24.3 Å². The molecule has 1 N–H and O–H groups in total. The van der Waals surface area contributed by atoms with Crippen molar-refractivity contribution < 1.29 is 9.53 Å². The molecular weight excluding hydrogens is 214 g/mol. The van der Waals surface area contributed by atoms with Gasteiger partial charge in [-0.2, -0.15) is 0 Å². The predicted octanol–water partition coefficient (Wildman–Crippen LogP) is 2.35. The van der Waals surface area contributed by atoms with Crippen molar-refractivity contribution in [1.82, 2.24) is 5.32 Å². The van der Waals surface area contributed by atoms with Crippen molar-refractivity contribution in [3.8, 4) is 5.75 Å². The summed E-state index contributed by atoms with van der Waals surface area (Å²) in [6.07, 6.45) is 4.79. The minimum absolute atomic E-state index is 0.0814. The van der Waals surface area contributed by atoms with Crippen LogP contribution in [0.1, 0.15) is 30.9 Å². The molecule has 3 heteroatoms. The molecule has 0 radical (unpaired) electrons. The van der Waals surface area contributed by atoms with Crippen LogP contribution >= 0.6 is 0 Å². The average molecular weight is 229 g/mol. The van der Waals surface area contributed by atoms with Crippen LogP contribution in [0.4, 0.5) is 0 Å². The smallest absolute Gasteiger partial charge is 0.247 e. The van der Waals surface area contributed by atoms with E-state index in [1.807, 2.05) is 30.3 Å². The van der Waals surface area contributed by atoms with E-state index in [1.54, 1.807) is 0 Å². The van der Waals surface area contributed by atoms with Gasteiger partial charge in [0.1, 0.15) is 5.75 Å². The lowest BCUT2D eigenvalue weighted by molar-refractivity contribution is -0.118. The summed E-state index contributed by atoms with van der Waals surface area (Å²) in [5.74, 6) is 0.976. The summed E-state index contributed by atoms with van der Waals surface area (Å²) in [5.41, 5.74) is 2.01. The summed E-state index contributed by atoms with van der Waals surface area (Å²) in [7, 11) is 0. The second-order valence-electron chi connectivity index (χ2n) is 4.47. The van der Waals surface area contributed by atoms with Crippen LogP contribution in [0.2, 0.25) is 0 Å². The summed E-state index contributed by atoms with van der Waals surface area (Å²) >= 11 is 0. The Morgan fingerprint density at radius 3 is 2.94 bits per heavy atom. The number of rotatable bonds is 2. The lowest BCUT2D eigenvalue weighted by Crippen LogP contribution is -2.34. The Morgan fingerprint density at radius 1 is 1.35 bits per heavy atom. The van der Waals surface area contributed by atoms with Crippen molar-refractivity contribution in [2.45, 2.75) is 25.3 Å². The summed E-state index contributed by atoms with van der Waals surface area (Å²) < 4.78 is 5.57. The van der Waals surface area contributed by atoms with Crippen LogP contribution < -0.4 is 10.1 Å². The molecule has 0 bridgehead atoms. The van der Waals surface area contributed by atoms with Gasteiger partial charge in [-0.05, 0) is 18.9 Å². The number of nitrogens with one attached hydrogen (secondary N) is 1. The largest absolute Gasteiger partial charge is 0.493 e. The highest BCUT2D eigenvalue weighted by molar-refractivity contribution is 5.94. The van der Waals surface area contributed by atoms with Gasteiger partial charge in [0.2, 0.25) is 5.91 Å². The molecular formula is C14H15NO2. The van der Waals surface area contributed by atoms with E-state index in [1.165, 1.54) is 0 Å². The second-order valence-corrected chi connectivity index (χ2v) is 4.47. The molecule has 3 rings (SSSR count). The van der Waals surface area contributed by atoms with E-state index in [0.717, 1.165) is 36.1 Å². The maximum absolute atomic E-state index is 11.9. The standard InChI is InChI=1S/C14H15NO2/c16-14(10-4-3-5-10)15-12-8-9-17-13-7-2-1-6-11(12)13/h1-2,4,6-7,12H,3,5,8-9H2,(H,15,16). The van der Waals surface area contributed by atoms with Crippen LogP contribution in [0.25, 0.3) is 0 Å². The van der Waals surface area contributed by atoms with E-state index in [9.17, 15) is 4.79 Å². The summed E-state index contributed by atoms with van der Waals surface area (Å²) in [6, 6.07) is 8.01. The fourth-order valence-corrected chi connectivity index (χ4v) is 2.24. The molecule has 1 aliphatic carbocycles. The highest BCUT2D eigenvalue weighted by Gasteiger charge is 2.24. The number of allylic oxidation sites excluding steroid dienone is 1. The van der Waals surface area contributed by atoms with Crippen molar-refractivity contribution >= 4 is 5.91 Å². The predicted molar refractivity (Wildman–Crippen MR) is 64.8 cm³/mol. The van der Waals surface area contributed by atoms with Gasteiger partial charge in [-0.15, -0.1) is 0 Å². The minimum Gasteiger partial charge on any atom is -0.493 e. The molecule has 0 saturated carbocycles. The minimum atomic E-state index is 0.0814. The van der Waals surface area contributed by atoms with E-state index < -0.39 is 0 Å². The normalized spacial score (nSPS) is 21.6. The Hall–Kier alpha value is -1.77. The number of para-hydroxylation sites is 1. The molecule has 0 saturated heterocycles. The number of benzene rings is 1. The van der Waals surface area contributed by atoms with Gasteiger partial charge in [-0.3, -0.25) is 4.79 Å². The van der Waals surface area contributed by atoms with Crippen LogP contribution in [0, 0.1) is 0 Å². The Labute approximate surface area is 100 Å². The molecule has 1 aliphatic heterocycles. The van der Waals surface area contributed by atoms with Gasteiger partial charge in [0.15, 0.2) is 0 Å². The van der Waals surface area contributed by atoms with Crippen LogP contribution in [0.15, 0.2) is 35.9 Å². The maximum atomic E-state index is 11.9. The fourth-order valence-electron chi connectivity index (χ4n) is 2.24. The first kappa shape index (κ1) is 10.4. The third-order valence-corrected chi connectivity index (χ3v) is 3.36. The number of hydrogen-bond donors (Lipinski definition) is 1. The lowest BCUT2D eigenvalue weighted by Gasteiger charge is -2.27. The van der Waals surface area contributed by atoms with Crippen LogP contribution in [-0.2, 0) is 4.79 Å². The Balaban J connectivity index is 1.78. The van der Waals surface area contributed by atoms with Crippen molar-refractivity contribution in [2.24, 2.45) is 0 Å². The monoisotopic (exact) mass is 229 g/mol. The number of carbonyl (C=O) groups excluding carboxylic acids is 1. The molecule has 1 aromatic rings. The summed E-state index contributed by atoms with van der Waals surface area (Å²) in [6.45, 7) is 0.668. The number of fused-ring (bicyclic) bond motifs is 1. The second kappa shape index (κ2) is 4.24. The van der Waals surface area contributed by atoms with Crippen LogP contribution in [0.3, 0.4) is 0 Å². The first-order valence-corrected chi connectivity index (χ1v) is 6.06. The third-order valence-electron chi connectivity index (χ3n) is 3.36. The first-order valence-electron chi connectivity index (χ1n) is 6.06. The van der Waals surface area contributed by atoms with Crippen molar-refractivity contribution in [1.29, 1.82) is 0 Å². The van der Waals surface area contributed by atoms with Gasteiger partial charge in [0.05, 0.1) is 12.6 Å². The highest BCUT2D eigenvalue weighted by atomic mass is 16.5. The molecule has 3 nitrogen and oxygen atoms in total. The van der Waals surface area contributed by atoms with E-state index in [-0.39, 0.29) is 11.9 Å². The zero-order chi connectivity index (χ0) is 11.7. The van der Waals surface area contributed by atoms with Crippen LogP contribution in [-0.4, -0.2) is 12.5 Å². The topological polar surface area (TPSA) is 38.3 Å². The van der Waals surface area contributed by atoms with Crippen molar-refractivity contribution in [2.75, 3.05) is 6.61 Å². The Morgan fingerprint density at radius 2 is 2.18 bits per heavy atom. The molecule has 1 heterocycles. The molecule has 0 aromatic heterocycles. The molecule has 1 atom stereocenters. The zero-order valence-corrected chi connectivity index (χ0v) is 9.61. The first-order chi connectivity index (χ1) is 8.34. The fraction of sp³-hybridized carbons (Fsp3) is 0.357. The van der Waals surface area contributed by atoms with E-state index >= 15 is 0 Å². The number of amides is 1. The third kappa shape index (κ3) is 1.93. The highest BCUT2D eigenvalue weighted by Crippen LogP contribution is 2.32. The molecule has 1 amide bonds. The van der Waals surface area contributed by atoms with Crippen molar-refractivity contribution in [3.63, 3.8) is 0 Å². The molecule has 88 valence electrons. The summed E-state index contributed by atoms with van der Waals surface area (Å²) in [5, 5.41) is 3.09. The quantitative estimate of drug-likeness (QED) is 0.845. The van der Waals surface area contributed by atoms with E-state index in [4.69, 9.17) is 4.74 Å². The van der Waals surface area contributed by atoms with Gasteiger partial charge in [-0.25, -0.2) is 0 Å². The van der Waals surface area contributed by atoms with Gasteiger partial charge < -0.3 is 10.1 Å². The molecule has 1 aromatic carbocycles.